The molecule has 0 aromatic carbocycles. The van der Waals surface area contributed by atoms with Gasteiger partial charge < -0.3 is 4.90 Å². The van der Waals surface area contributed by atoms with Crippen molar-refractivity contribution in [2.75, 3.05) is 12.3 Å². The van der Waals surface area contributed by atoms with Gasteiger partial charge in [-0.05, 0) is 19.1 Å². The Labute approximate surface area is 124 Å². The lowest BCUT2D eigenvalue weighted by Gasteiger charge is -2.28. The Morgan fingerprint density at radius 3 is 2.80 bits per heavy atom. The van der Waals surface area contributed by atoms with Gasteiger partial charge in [0.15, 0.2) is 0 Å². The minimum absolute atomic E-state index is 0.561. The molecule has 0 radical (unpaired) electrons. The zero-order chi connectivity index (χ0) is 14.7. The van der Waals surface area contributed by atoms with Crippen molar-refractivity contribution in [3.8, 4) is 6.07 Å². The summed E-state index contributed by atoms with van der Waals surface area (Å²) in [5.41, 5.74) is 3.95. The van der Waals surface area contributed by atoms with Crippen LogP contribution < -0.4 is 0 Å². The number of rotatable bonds is 4. The Kier molecular flexibility index (Phi) is 4.46. The highest BCUT2D eigenvalue weighted by molar-refractivity contribution is 7.99. The number of pyridine rings is 1. The van der Waals surface area contributed by atoms with Gasteiger partial charge in [0.05, 0.1) is 17.7 Å². The van der Waals surface area contributed by atoms with Gasteiger partial charge in [-0.1, -0.05) is 20.4 Å². The second kappa shape index (κ2) is 6.10. The molecule has 0 N–H and O–H groups in total. The zero-order valence-corrected chi connectivity index (χ0v) is 12.9. The molecule has 0 amide bonds. The summed E-state index contributed by atoms with van der Waals surface area (Å²) in [7, 11) is 0. The molecule has 4 nitrogen and oxygen atoms in total. The quantitative estimate of drug-likeness (QED) is 0.791. The van der Waals surface area contributed by atoms with Gasteiger partial charge in [-0.3, -0.25) is 0 Å². The fraction of sp³-hybridized carbons (Fsp3) is 0.400. The predicted molar refractivity (Wildman–Crippen MR) is 84.3 cm³/mol. The SMILES string of the molecule is C=C1c2c(C)nc(SCC)c(C#N)c2N=CN1CCC. The topological polar surface area (TPSA) is 52.3 Å². The van der Waals surface area contributed by atoms with Crippen LogP contribution in [0.25, 0.3) is 5.70 Å². The van der Waals surface area contributed by atoms with Gasteiger partial charge in [-0.15, -0.1) is 11.8 Å². The van der Waals surface area contributed by atoms with E-state index in [9.17, 15) is 5.26 Å². The Bertz CT molecular complexity index is 613. The standard InChI is InChI=1S/C15H18N4S/c1-5-7-19-9-17-14-12(8-16)15(20-6-2)18-10(3)13(14)11(19)4/h9H,4-7H2,1-3H3. The van der Waals surface area contributed by atoms with Crippen molar-refractivity contribution < 1.29 is 0 Å². The Morgan fingerprint density at radius 2 is 2.20 bits per heavy atom. The van der Waals surface area contributed by atoms with Crippen LogP contribution in [0.4, 0.5) is 5.69 Å². The lowest BCUT2D eigenvalue weighted by Crippen LogP contribution is -2.24. The maximum absolute atomic E-state index is 9.43. The van der Waals surface area contributed by atoms with E-state index in [-0.39, 0.29) is 0 Å². The lowest BCUT2D eigenvalue weighted by atomic mass is 10.0. The third kappa shape index (κ3) is 2.44. The first-order valence-corrected chi connectivity index (χ1v) is 7.70. The first-order chi connectivity index (χ1) is 9.63. The molecule has 0 atom stereocenters. The van der Waals surface area contributed by atoms with Crippen molar-refractivity contribution in [3.63, 3.8) is 0 Å². The van der Waals surface area contributed by atoms with E-state index in [0.29, 0.717) is 11.3 Å². The van der Waals surface area contributed by atoms with Crippen LogP contribution in [0.1, 0.15) is 37.1 Å². The summed E-state index contributed by atoms with van der Waals surface area (Å²) in [5, 5.41) is 10.2. The van der Waals surface area contributed by atoms with E-state index < -0.39 is 0 Å². The summed E-state index contributed by atoms with van der Waals surface area (Å²) in [6, 6.07) is 2.25. The molecule has 0 unspecified atom stereocenters. The molecule has 0 bridgehead atoms. The first kappa shape index (κ1) is 14.6. The highest BCUT2D eigenvalue weighted by atomic mass is 32.2. The number of aromatic nitrogens is 1. The number of nitrogens with zero attached hydrogens (tertiary/aromatic N) is 4. The molecule has 20 heavy (non-hydrogen) atoms. The fourth-order valence-electron chi connectivity index (χ4n) is 2.25. The minimum Gasteiger partial charge on any atom is -0.332 e. The van der Waals surface area contributed by atoms with Gasteiger partial charge in [0.1, 0.15) is 16.7 Å². The number of aryl methyl sites for hydroxylation is 1. The maximum Gasteiger partial charge on any atom is 0.116 e. The van der Waals surface area contributed by atoms with Crippen molar-refractivity contribution in [2.45, 2.75) is 32.2 Å². The predicted octanol–water partition coefficient (Wildman–Crippen LogP) is 3.73. The van der Waals surface area contributed by atoms with Crippen molar-refractivity contribution in [1.29, 1.82) is 5.26 Å². The minimum atomic E-state index is 0.561. The van der Waals surface area contributed by atoms with Crippen LogP contribution in [0, 0.1) is 18.3 Å². The average Bonchev–Trinajstić information content (AvgIpc) is 2.42. The summed E-state index contributed by atoms with van der Waals surface area (Å²) in [6.07, 6.45) is 2.79. The summed E-state index contributed by atoms with van der Waals surface area (Å²) in [5.74, 6) is 0.881. The molecule has 104 valence electrons. The molecule has 2 heterocycles. The van der Waals surface area contributed by atoms with Crippen molar-refractivity contribution in [1.82, 2.24) is 9.88 Å². The molecule has 2 rings (SSSR count). The van der Waals surface area contributed by atoms with E-state index in [1.54, 1.807) is 18.1 Å². The molecule has 1 aromatic rings. The Morgan fingerprint density at radius 1 is 1.45 bits per heavy atom. The van der Waals surface area contributed by atoms with Gasteiger partial charge in [0.25, 0.3) is 0 Å². The van der Waals surface area contributed by atoms with Crippen LogP contribution in [0.2, 0.25) is 0 Å². The van der Waals surface area contributed by atoms with Crippen LogP contribution >= 0.6 is 11.8 Å². The van der Waals surface area contributed by atoms with Crippen molar-refractivity contribution in [3.05, 3.63) is 23.4 Å². The van der Waals surface area contributed by atoms with Crippen LogP contribution in [0.5, 0.6) is 0 Å². The fourth-order valence-corrected chi connectivity index (χ4v) is 3.01. The lowest BCUT2D eigenvalue weighted by molar-refractivity contribution is 0.581. The summed E-state index contributed by atoms with van der Waals surface area (Å²) in [6.45, 7) is 11.1. The molecule has 0 saturated carbocycles. The number of aliphatic imine (C=N–C) groups is 1. The van der Waals surface area contributed by atoms with Crippen LogP contribution in [0.3, 0.4) is 0 Å². The second-order valence-corrected chi connectivity index (χ2v) is 5.78. The summed E-state index contributed by atoms with van der Waals surface area (Å²) >= 11 is 1.57. The van der Waals surface area contributed by atoms with E-state index in [0.717, 1.165) is 40.7 Å². The molecule has 1 aliphatic heterocycles. The van der Waals surface area contributed by atoms with E-state index in [1.165, 1.54) is 0 Å². The zero-order valence-electron chi connectivity index (χ0n) is 12.1. The second-order valence-electron chi connectivity index (χ2n) is 4.53. The normalized spacial score (nSPS) is 13.3. The number of nitriles is 1. The smallest absolute Gasteiger partial charge is 0.116 e. The van der Waals surface area contributed by atoms with Crippen LogP contribution in [-0.4, -0.2) is 28.5 Å². The van der Waals surface area contributed by atoms with Gasteiger partial charge in [0, 0.05) is 17.8 Å². The molecule has 1 aliphatic rings. The first-order valence-electron chi connectivity index (χ1n) is 6.71. The Hall–Kier alpha value is -1.80. The summed E-state index contributed by atoms with van der Waals surface area (Å²) < 4.78 is 0. The van der Waals surface area contributed by atoms with Gasteiger partial charge in [-0.25, -0.2) is 9.98 Å². The van der Waals surface area contributed by atoms with Crippen LogP contribution in [-0.2, 0) is 0 Å². The van der Waals surface area contributed by atoms with Gasteiger partial charge in [0.2, 0.25) is 0 Å². The van der Waals surface area contributed by atoms with E-state index in [2.05, 4.69) is 29.5 Å². The number of hydrogen-bond acceptors (Lipinski definition) is 5. The molecule has 5 heteroatoms. The molecule has 0 saturated heterocycles. The van der Waals surface area contributed by atoms with E-state index in [1.807, 2.05) is 18.7 Å². The van der Waals surface area contributed by atoms with E-state index >= 15 is 0 Å². The molecular formula is C15H18N4S. The molecule has 0 aliphatic carbocycles. The monoisotopic (exact) mass is 286 g/mol. The van der Waals surface area contributed by atoms with Crippen molar-refractivity contribution in [2.24, 2.45) is 4.99 Å². The molecule has 0 fully saturated rings. The summed E-state index contributed by atoms with van der Waals surface area (Å²) in [4.78, 5) is 11.1. The molecule has 1 aromatic heterocycles. The number of fused-ring (bicyclic) bond motifs is 1. The molecule has 0 spiro atoms. The number of hydrogen-bond donors (Lipinski definition) is 0. The largest absolute Gasteiger partial charge is 0.332 e. The highest BCUT2D eigenvalue weighted by Crippen LogP contribution is 2.39. The van der Waals surface area contributed by atoms with Crippen LogP contribution in [0.15, 0.2) is 16.6 Å². The average molecular weight is 286 g/mol. The molecular weight excluding hydrogens is 268 g/mol. The Balaban J connectivity index is 2.60. The van der Waals surface area contributed by atoms with Gasteiger partial charge >= 0.3 is 0 Å². The third-order valence-corrected chi connectivity index (χ3v) is 3.99. The third-order valence-electron chi connectivity index (χ3n) is 3.14. The highest BCUT2D eigenvalue weighted by Gasteiger charge is 2.24. The van der Waals surface area contributed by atoms with E-state index in [4.69, 9.17) is 0 Å². The van der Waals surface area contributed by atoms with Gasteiger partial charge in [-0.2, -0.15) is 5.26 Å². The maximum atomic E-state index is 9.43. The van der Waals surface area contributed by atoms with Crippen molar-refractivity contribution >= 4 is 29.5 Å². The number of thioether (sulfide) groups is 1.